The fraction of sp³-hybridized carbons (Fsp3) is 0.0625. The number of rotatable bonds is 2. The summed E-state index contributed by atoms with van der Waals surface area (Å²) < 4.78 is 0. The standard InChI is InChI=1S/C16H12N2O/c1-11-6-13(9-17-7-11)16(19)15-10-18-8-12-4-2-3-5-14(12)15/h2-10H,1H3. The zero-order chi connectivity index (χ0) is 13.2. The maximum absolute atomic E-state index is 12.5. The molecule has 0 fully saturated rings. The Bertz CT molecular complexity index is 760. The number of hydrogen-bond donors (Lipinski definition) is 0. The van der Waals surface area contributed by atoms with Crippen molar-refractivity contribution in [3.63, 3.8) is 0 Å². The summed E-state index contributed by atoms with van der Waals surface area (Å²) in [6.07, 6.45) is 6.71. The summed E-state index contributed by atoms with van der Waals surface area (Å²) in [5.41, 5.74) is 2.18. The second-order valence-corrected chi connectivity index (χ2v) is 4.49. The van der Waals surface area contributed by atoms with Gasteiger partial charge in [0, 0.05) is 41.3 Å². The van der Waals surface area contributed by atoms with Crippen LogP contribution in [0.2, 0.25) is 0 Å². The molecule has 0 bridgehead atoms. The van der Waals surface area contributed by atoms with Gasteiger partial charge in [-0.25, -0.2) is 0 Å². The van der Waals surface area contributed by atoms with Crippen molar-refractivity contribution in [3.8, 4) is 0 Å². The first-order valence-corrected chi connectivity index (χ1v) is 6.05. The Morgan fingerprint density at radius 2 is 1.79 bits per heavy atom. The summed E-state index contributed by atoms with van der Waals surface area (Å²) in [5, 5.41) is 1.89. The van der Waals surface area contributed by atoms with E-state index in [1.54, 1.807) is 24.8 Å². The lowest BCUT2D eigenvalue weighted by molar-refractivity contribution is 0.103. The minimum atomic E-state index is -0.0412. The molecule has 0 saturated heterocycles. The third kappa shape index (κ3) is 2.10. The van der Waals surface area contributed by atoms with E-state index in [1.165, 1.54) is 0 Å². The van der Waals surface area contributed by atoms with Gasteiger partial charge in [0.25, 0.3) is 0 Å². The lowest BCUT2D eigenvalue weighted by Crippen LogP contribution is -2.03. The van der Waals surface area contributed by atoms with Gasteiger partial charge < -0.3 is 0 Å². The first kappa shape index (κ1) is 11.5. The summed E-state index contributed by atoms with van der Waals surface area (Å²) in [7, 11) is 0. The van der Waals surface area contributed by atoms with Gasteiger partial charge in [-0.15, -0.1) is 0 Å². The number of ketones is 1. The van der Waals surface area contributed by atoms with E-state index in [0.717, 1.165) is 16.3 Å². The van der Waals surface area contributed by atoms with Crippen LogP contribution < -0.4 is 0 Å². The van der Waals surface area contributed by atoms with E-state index in [0.29, 0.717) is 11.1 Å². The highest BCUT2D eigenvalue weighted by atomic mass is 16.1. The van der Waals surface area contributed by atoms with Crippen molar-refractivity contribution >= 4 is 16.6 Å². The van der Waals surface area contributed by atoms with Crippen LogP contribution in [-0.2, 0) is 0 Å². The molecule has 1 aromatic carbocycles. The molecule has 3 rings (SSSR count). The van der Waals surface area contributed by atoms with Gasteiger partial charge in [-0.2, -0.15) is 0 Å². The number of benzene rings is 1. The number of pyridine rings is 2. The number of carbonyl (C=O) groups excluding carboxylic acids is 1. The second-order valence-electron chi connectivity index (χ2n) is 4.49. The van der Waals surface area contributed by atoms with E-state index in [9.17, 15) is 4.79 Å². The van der Waals surface area contributed by atoms with Crippen LogP contribution in [0, 0.1) is 6.92 Å². The van der Waals surface area contributed by atoms with E-state index in [1.807, 2.05) is 37.3 Å². The van der Waals surface area contributed by atoms with Gasteiger partial charge in [0.05, 0.1) is 0 Å². The molecule has 19 heavy (non-hydrogen) atoms. The first-order chi connectivity index (χ1) is 9.25. The lowest BCUT2D eigenvalue weighted by Gasteiger charge is -2.05. The summed E-state index contributed by atoms with van der Waals surface area (Å²) >= 11 is 0. The molecule has 2 heterocycles. The fourth-order valence-electron chi connectivity index (χ4n) is 2.13. The van der Waals surface area contributed by atoms with Crippen LogP contribution in [0.25, 0.3) is 10.8 Å². The van der Waals surface area contributed by atoms with Crippen molar-refractivity contribution in [1.82, 2.24) is 9.97 Å². The monoisotopic (exact) mass is 248 g/mol. The highest BCUT2D eigenvalue weighted by molar-refractivity contribution is 6.15. The highest BCUT2D eigenvalue weighted by Gasteiger charge is 2.13. The molecule has 3 heteroatoms. The van der Waals surface area contributed by atoms with Gasteiger partial charge in [-0.3, -0.25) is 14.8 Å². The van der Waals surface area contributed by atoms with Crippen LogP contribution in [0.1, 0.15) is 21.5 Å². The minimum absolute atomic E-state index is 0.0412. The van der Waals surface area contributed by atoms with Crippen LogP contribution in [0.4, 0.5) is 0 Å². The SMILES string of the molecule is Cc1cncc(C(=O)c2cncc3ccccc23)c1. The average Bonchev–Trinajstić information content (AvgIpc) is 2.46. The van der Waals surface area contributed by atoms with Gasteiger partial charge in [-0.1, -0.05) is 24.3 Å². The van der Waals surface area contributed by atoms with E-state index in [-0.39, 0.29) is 5.78 Å². The van der Waals surface area contributed by atoms with Crippen molar-refractivity contribution < 1.29 is 4.79 Å². The number of nitrogens with zero attached hydrogens (tertiary/aromatic N) is 2. The number of aromatic nitrogens is 2. The third-order valence-corrected chi connectivity index (χ3v) is 3.05. The minimum Gasteiger partial charge on any atom is -0.288 e. The summed E-state index contributed by atoms with van der Waals surface area (Å²) in [6, 6.07) is 9.60. The predicted molar refractivity (Wildman–Crippen MR) is 74.1 cm³/mol. The van der Waals surface area contributed by atoms with Crippen LogP contribution >= 0.6 is 0 Å². The van der Waals surface area contributed by atoms with Crippen LogP contribution in [0.5, 0.6) is 0 Å². The van der Waals surface area contributed by atoms with Crippen molar-refractivity contribution in [1.29, 1.82) is 0 Å². The Morgan fingerprint density at radius 1 is 1.00 bits per heavy atom. The smallest absolute Gasteiger partial charge is 0.196 e. The van der Waals surface area contributed by atoms with E-state index in [4.69, 9.17) is 0 Å². The fourth-order valence-corrected chi connectivity index (χ4v) is 2.13. The predicted octanol–water partition coefficient (Wildman–Crippen LogP) is 3.17. The summed E-state index contributed by atoms with van der Waals surface area (Å²) in [5.74, 6) is -0.0412. The largest absolute Gasteiger partial charge is 0.288 e. The van der Waals surface area contributed by atoms with Gasteiger partial charge >= 0.3 is 0 Å². The Labute approximate surface area is 111 Å². The topological polar surface area (TPSA) is 42.9 Å². The third-order valence-electron chi connectivity index (χ3n) is 3.05. The summed E-state index contributed by atoms with van der Waals surface area (Å²) in [6.45, 7) is 1.92. The molecule has 0 atom stereocenters. The molecule has 0 amide bonds. The molecule has 0 aliphatic carbocycles. The second kappa shape index (κ2) is 4.61. The van der Waals surface area contributed by atoms with Gasteiger partial charge in [0.2, 0.25) is 0 Å². The van der Waals surface area contributed by atoms with Crippen molar-refractivity contribution in [2.24, 2.45) is 0 Å². The summed E-state index contributed by atoms with van der Waals surface area (Å²) in [4.78, 5) is 20.7. The number of hydrogen-bond acceptors (Lipinski definition) is 3. The van der Waals surface area contributed by atoms with Crippen LogP contribution in [0.3, 0.4) is 0 Å². The number of carbonyl (C=O) groups is 1. The molecule has 0 aliphatic rings. The van der Waals surface area contributed by atoms with Crippen molar-refractivity contribution in [3.05, 3.63) is 71.8 Å². The molecule has 3 nitrogen and oxygen atoms in total. The molecule has 0 spiro atoms. The molecule has 2 aromatic heterocycles. The quantitative estimate of drug-likeness (QED) is 0.654. The zero-order valence-corrected chi connectivity index (χ0v) is 10.5. The molecule has 0 N–H and O–H groups in total. The molecule has 3 aromatic rings. The van der Waals surface area contributed by atoms with E-state index in [2.05, 4.69) is 9.97 Å². The molecule has 0 aliphatic heterocycles. The van der Waals surface area contributed by atoms with Crippen LogP contribution in [0.15, 0.2) is 55.1 Å². The number of aryl methyl sites for hydroxylation is 1. The molecular weight excluding hydrogens is 236 g/mol. The molecular formula is C16H12N2O. The molecule has 0 radical (unpaired) electrons. The van der Waals surface area contributed by atoms with Gasteiger partial charge in [-0.05, 0) is 23.9 Å². The maximum Gasteiger partial charge on any atom is 0.196 e. The maximum atomic E-state index is 12.5. The molecule has 92 valence electrons. The van der Waals surface area contributed by atoms with Crippen molar-refractivity contribution in [2.75, 3.05) is 0 Å². The van der Waals surface area contributed by atoms with E-state index < -0.39 is 0 Å². The van der Waals surface area contributed by atoms with Crippen molar-refractivity contribution in [2.45, 2.75) is 6.92 Å². The van der Waals surface area contributed by atoms with Gasteiger partial charge in [0.15, 0.2) is 5.78 Å². The Balaban J connectivity index is 2.17. The first-order valence-electron chi connectivity index (χ1n) is 6.05. The zero-order valence-electron chi connectivity index (χ0n) is 10.5. The highest BCUT2D eigenvalue weighted by Crippen LogP contribution is 2.20. The number of fused-ring (bicyclic) bond motifs is 1. The lowest BCUT2D eigenvalue weighted by atomic mass is 10.0. The molecule has 0 saturated carbocycles. The Hall–Kier alpha value is -2.55. The van der Waals surface area contributed by atoms with E-state index >= 15 is 0 Å². The Kier molecular flexibility index (Phi) is 2.80. The normalized spacial score (nSPS) is 10.6. The Morgan fingerprint density at radius 3 is 2.63 bits per heavy atom. The van der Waals surface area contributed by atoms with Gasteiger partial charge in [0.1, 0.15) is 0 Å². The molecule has 0 unspecified atom stereocenters. The average molecular weight is 248 g/mol. The van der Waals surface area contributed by atoms with Crippen LogP contribution in [-0.4, -0.2) is 15.8 Å².